The van der Waals surface area contributed by atoms with Crippen molar-refractivity contribution in [1.82, 2.24) is 10.6 Å². The largest absolute Gasteiger partial charge is 0.491 e. The van der Waals surface area contributed by atoms with Crippen LogP contribution in [0.1, 0.15) is 38.8 Å². The van der Waals surface area contributed by atoms with Gasteiger partial charge in [-0.1, -0.05) is 39.8 Å². The van der Waals surface area contributed by atoms with Crippen LogP contribution in [0, 0.1) is 13.8 Å². The third-order valence-electron chi connectivity index (χ3n) is 5.07. The van der Waals surface area contributed by atoms with E-state index in [1.54, 1.807) is 0 Å². The maximum Gasteiger partial charge on any atom is 0.122 e. The molecular weight excluding hydrogens is 404 g/mol. The average Bonchev–Trinajstić information content (AvgIpc) is 2.74. The standard InChI is InChI=1S/C26H40N2O4/c1-17(2)27-13-23(29)15-31-25-9-7-21(11-19(25)5)22-8-10-26(20(6)12-22)32-16-24(30)14-28-18(3)4/h7-12,17-18,23-24,27-30H,13-16H2,1-6H3. The topological polar surface area (TPSA) is 83.0 Å². The minimum atomic E-state index is -0.550. The Morgan fingerprint density at radius 1 is 0.688 bits per heavy atom. The van der Waals surface area contributed by atoms with Crippen LogP contribution in [0.25, 0.3) is 11.1 Å². The Kier molecular flexibility index (Phi) is 10.5. The Hall–Kier alpha value is -2.12. The highest BCUT2D eigenvalue weighted by Gasteiger charge is 2.11. The molecule has 0 aliphatic carbocycles. The number of benzene rings is 2. The molecule has 0 aromatic heterocycles. The van der Waals surface area contributed by atoms with E-state index in [1.165, 1.54) is 0 Å². The Bertz CT molecular complexity index is 769. The molecular formula is C26H40N2O4. The molecule has 0 aliphatic rings. The molecule has 0 aliphatic heterocycles. The number of aliphatic hydroxyl groups excluding tert-OH is 2. The van der Waals surface area contributed by atoms with Crippen LogP contribution >= 0.6 is 0 Å². The minimum absolute atomic E-state index is 0.254. The quantitative estimate of drug-likeness (QED) is 0.379. The van der Waals surface area contributed by atoms with Crippen molar-refractivity contribution in [3.63, 3.8) is 0 Å². The lowest BCUT2D eigenvalue weighted by Gasteiger charge is -2.17. The molecule has 0 saturated carbocycles. The number of rotatable bonds is 13. The zero-order valence-electron chi connectivity index (χ0n) is 20.3. The van der Waals surface area contributed by atoms with E-state index in [2.05, 4.69) is 22.8 Å². The average molecular weight is 445 g/mol. The molecule has 4 N–H and O–H groups in total. The first-order chi connectivity index (χ1) is 15.2. The highest BCUT2D eigenvalue weighted by atomic mass is 16.5. The molecule has 6 heteroatoms. The van der Waals surface area contributed by atoms with Crippen LogP contribution in [-0.2, 0) is 0 Å². The van der Waals surface area contributed by atoms with Gasteiger partial charge in [-0.3, -0.25) is 0 Å². The molecule has 2 atom stereocenters. The summed E-state index contributed by atoms with van der Waals surface area (Å²) in [5.41, 5.74) is 4.22. The van der Waals surface area contributed by atoms with Crippen LogP contribution in [0.4, 0.5) is 0 Å². The normalized spacial score (nSPS) is 13.4. The second kappa shape index (κ2) is 12.8. The predicted molar refractivity (Wildman–Crippen MR) is 131 cm³/mol. The fourth-order valence-corrected chi connectivity index (χ4v) is 3.22. The third-order valence-corrected chi connectivity index (χ3v) is 5.07. The van der Waals surface area contributed by atoms with Crippen molar-refractivity contribution in [1.29, 1.82) is 0 Å². The number of nitrogens with one attached hydrogen (secondary N) is 2. The predicted octanol–water partition coefficient (Wildman–Crippen LogP) is 3.45. The highest BCUT2D eigenvalue weighted by Crippen LogP contribution is 2.29. The zero-order chi connectivity index (χ0) is 23.7. The number of ether oxygens (including phenoxy) is 2. The van der Waals surface area contributed by atoms with Gasteiger partial charge in [0.15, 0.2) is 0 Å². The summed E-state index contributed by atoms with van der Waals surface area (Å²) >= 11 is 0. The second-order valence-corrected chi connectivity index (χ2v) is 9.02. The van der Waals surface area contributed by atoms with E-state index < -0.39 is 12.2 Å². The van der Waals surface area contributed by atoms with Crippen LogP contribution in [0.2, 0.25) is 0 Å². The summed E-state index contributed by atoms with van der Waals surface area (Å²) in [6.45, 7) is 13.7. The summed E-state index contributed by atoms with van der Waals surface area (Å²) in [5, 5.41) is 26.5. The summed E-state index contributed by atoms with van der Waals surface area (Å²) in [5.74, 6) is 1.55. The molecule has 0 heterocycles. The van der Waals surface area contributed by atoms with Gasteiger partial charge in [-0.25, -0.2) is 0 Å². The third kappa shape index (κ3) is 8.79. The molecule has 0 fully saturated rings. The maximum absolute atomic E-state index is 10.1. The Balaban J connectivity index is 1.95. The van der Waals surface area contributed by atoms with E-state index in [4.69, 9.17) is 9.47 Å². The van der Waals surface area contributed by atoms with Gasteiger partial charge in [-0.2, -0.15) is 0 Å². The number of hydrogen-bond donors (Lipinski definition) is 4. The van der Waals surface area contributed by atoms with E-state index in [1.807, 2.05) is 65.8 Å². The minimum Gasteiger partial charge on any atom is -0.491 e. The molecule has 178 valence electrons. The lowest BCUT2D eigenvalue weighted by Crippen LogP contribution is -2.35. The van der Waals surface area contributed by atoms with Crippen molar-refractivity contribution in [3.05, 3.63) is 47.5 Å². The van der Waals surface area contributed by atoms with E-state index in [0.717, 1.165) is 33.8 Å². The van der Waals surface area contributed by atoms with Gasteiger partial charge in [0.1, 0.15) is 36.9 Å². The van der Waals surface area contributed by atoms with Gasteiger partial charge in [-0.15, -0.1) is 0 Å². The van der Waals surface area contributed by atoms with Crippen molar-refractivity contribution >= 4 is 0 Å². The van der Waals surface area contributed by atoms with Gasteiger partial charge in [0.05, 0.1) is 0 Å². The maximum atomic E-state index is 10.1. The first kappa shape index (κ1) is 26.1. The van der Waals surface area contributed by atoms with Crippen molar-refractivity contribution in [2.24, 2.45) is 0 Å². The molecule has 0 spiro atoms. The summed E-state index contributed by atoms with van der Waals surface area (Å²) in [7, 11) is 0. The summed E-state index contributed by atoms with van der Waals surface area (Å²) in [6.07, 6.45) is -1.10. The van der Waals surface area contributed by atoms with Gasteiger partial charge >= 0.3 is 0 Å². The zero-order valence-corrected chi connectivity index (χ0v) is 20.3. The Morgan fingerprint density at radius 3 is 1.38 bits per heavy atom. The lowest BCUT2D eigenvalue weighted by molar-refractivity contribution is 0.104. The van der Waals surface area contributed by atoms with Crippen LogP contribution in [0.5, 0.6) is 11.5 Å². The van der Waals surface area contributed by atoms with Crippen molar-refractivity contribution < 1.29 is 19.7 Å². The number of hydrogen-bond acceptors (Lipinski definition) is 6. The monoisotopic (exact) mass is 444 g/mol. The summed E-state index contributed by atoms with van der Waals surface area (Å²) < 4.78 is 11.6. The molecule has 0 saturated heterocycles. The van der Waals surface area contributed by atoms with Crippen LogP contribution < -0.4 is 20.1 Å². The van der Waals surface area contributed by atoms with Crippen LogP contribution in [0.15, 0.2) is 36.4 Å². The van der Waals surface area contributed by atoms with Crippen molar-refractivity contribution in [3.8, 4) is 22.6 Å². The molecule has 2 aromatic rings. The molecule has 2 unspecified atom stereocenters. The number of aryl methyl sites for hydroxylation is 2. The first-order valence-corrected chi connectivity index (χ1v) is 11.5. The molecule has 6 nitrogen and oxygen atoms in total. The molecule has 2 rings (SSSR count). The molecule has 0 radical (unpaired) electrons. The van der Waals surface area contributed by atoms with Gasteiger partial charge in [0, 0.05) is 25.2 Å². The number of aliphatic hydroxyl groups is 2. The summed E-state index contributed by atoms with van der Waals surface area (Å²) in [6, 6.07) is 12.8. The van der Waals surface area contributed by atoms with E-state index in [9.17, 15) is 10.2 Å². The van der Waals surface area contributed by atoms with Crippen LogP contribution in [-0.4, -0.2) is 60.8 Å². The van der Waals surface area contributed by atoms with E-state index in [-0.39, 0.29) is 13.2 Å². The van der Waals surface area contributed by atoms with Crippen molar-refractivity contribution in [2.45, 2.75) is 65.8 Å². The van der Waals surface area contributed by atoms with Gasteiger partial charge in [0.25, 0.3) is 0 Å². The van der Waals surface area contributed by atoms with Gasteiger partial charge in [0.2, 0.25) is 0 Å². The van der Waals surface area contributed by atoms with Crippen molar-refractivity contribution in [2.75, 3.05) is 26.3 Å². The van der Waals surface area contributed by atoms with Gasteiger partial charge in [-0.05, 0) is 60.4 Å². The first-order valence-electron chi connectivity index (χ1n) is 11.5. The fourth-order valence-electron chi connectivity index (χ4n) is 3.22. The molecule has 2 aromatic carbocycles. The fraction of sp³-hybridized carbons (Fsp3) is 0.538. The second-order valence-electron chi connectivity index (χ2n) is 9.02. The smallest absolute Gasteiger partial charge is 0.122 e. The molecule has 0 bridgehead atoms. The highest BCUT2D eigenvalue weighted by molar-refractivity contribution is 5.67. The van der Waals surface area contributed by atoms with E-state index >= 15 is 0 Å². The Morgan fingerprint density at radius 2 is 1.06 bits per heavy atom. The molecule has 0 amide bonds. The van der Waals surface area contributed by atoms with E-state index in [0.29, 0.717) is 25.2 Å². The SMILES string of the molecule is Cc1cc(-c2ccc(OCC(O)CNC(C)C)c(C)c2)ccc1OCC(O)CNC(C)C. The lowest BCUT2D eigenvalue weighted by atomic mass is 10.0. The van der Waals surface area contributed by atoms with Gasteiger partial charge < -0.3 is 30.3 Å². The Labute approximate surface area is 193 Å². The van der Waals surface area contributed by atoms with Crippen LogP contribution in [0.3, 0.4) is 0 Å². The molecule has 32 heavy (non-hydrogen) atoms. The summed E-state index contributed by atoms with van der Waals surface area (Å²) in [4.78, 5) is 0.